The maximum absolute atomic E-state index is 3.65. The van der Waals surface area contributed by atoms with Crippen LogP contribution in [-0.2, 0) is 6.54 Å². The van der Waals surface area contributed by atoms with Crippen LogP contribution in [0.25, 0.3) is 22.4 Å². The second-order valence-electron chi connectivity index (χ2n) is 14.4. The van der Waals surface area contributed by atoms with Gasteiger partial charge >= 0.3 is 0 Å². The summed E-state index contributed by atoms with van der Waals surface area (Å²) in [5.41, 5.74) is 3.89. The topological polar surface area (TPSA) is 17.0 Å². The summed E-state index contributed by atoms with van der Waals surface area (Å²) in [7, 11) is 0. The van der Waals surface area contributed by atoms with Crippen LogP contribution in [0, 0.1) is 0 Å². The Balaban J connectivity index is 0.00000833. The molecule has 4 heteroatoms. The molecule has 0 fully saturated rings. The predicted octanol–water partition coefficient (Wildman–Crippen LogP) is 12.8. The fourth-order valence-electron chi connectivity index (χ4n) is 6.95. The second kappa shape index (κ2) is 30.2. The number of hydrogen-bond donors (Lipinski definition) is 1. The average Bonchev–Trinajstić information content (AvgIpc) is 3.47. The van der Waals surface area contributed by atoms with Crippen molar-refractivity contribution in [3.63, 3.8) is 0 Å². The van der Waals surface area contributed by atoms with Gasteiger partial charge in [0.15, 0.2) is 15.2 Å². The molecule has 0 radical (unpaired) electrons. The van der Waals surface area contributed by atoms with E-state index in [0.29, 0.717) is 0 Å². The quantitative estimate of drug-likeness (QED) is 0.0390. The molecule has 3 aromatic rings. The first-order valence-corrected chi connectivity index (χ1v) is 21.6. The number of nitrogens with zero attached hydrogens (tertiary/aromatic N) is 1. The van der Waals surface area contributed by atoms with Crippen LogP contribution in [0.15, 0.2) is 48.5 Å². The van der Waals surface area contributed by atoms with Crippen molar-refractivity contribution in [3.8, 4) is 0 Å². The third-order valence-corrected chi connectivity index (χ3v) is 11.2. The molecule has 0 atom stereocenters. The van der Waals surface area contributed by atoms with Gasteiger partial charge in [-0.25, -0.2) is 4.57 Å². The van der Waals surface area contributed by atoms with Gasteiger partial charge in [0, 0.05) is 42.5 Å². The van der Waals surface area contributed by atoms with Crippen molar-refractivity contribution in [3.05, 3.63) is 59.1 Å². The number of unbranched alkanes of at least 4 members (excludes halogenated alkanes) is 24. The number of fused-ring (bicyclic) bond motifs is 1. The number of halogens is 1. The molecule has 0 amide bonds. The second-order valence-corrected chi connectivity index (χ2v) is 15.5. The summed E-state index contributed by atoms with van der Waals surface area (Å²) in [6, 6.07) is 17.9. The lowest BCUT2D eigenvalue weighted by Crippen LogP contribution is -3.00. The number of hydrogen-bond acceptors (Lipinski definition) is 2. The molecule has 1 heterocycles. The van der Waals surface area contributed by atoms with Crippen molar-refractivity contribution < 1.29 is 24.0 Å². The number of aryl methyl sites for hydroxylation is 1. The molecule has 2 nitrogen and oxygen atoms in total. The lowest BCUT2D eigenvalue weighted by molar-refractivity contribution is -0.00000998. The van der Waals surface area contributed by atoms with Crippen molar-refractivity contribution in [2.45, 2.75) is 187 Å². The van der Waals surface area contributed by atoms with Gasteiger partial charge in [0.25, 0.3) is 0 Å². The number of rotatable bonds is 31. The molecule has 0 aliphatic carbocycles. The summed E-state index contributed by atoms with van der Waals surface area (Å²) in [6.07, 6.45) is 41.2. The Morgan fingerprint density at radius 3 is 1.51 bits per heavy atom. The highest BCUT2D eigenvalue weighted by Crippen LogP contribution is 2.28. The smallest absolute Gasteiger partial charge is 0.185 e. The summed E-state index contributed by atoms with van der Waals surface area (Å²) in [6.45, 7) is 6.79. The molecule has 2 aromatic carbocycles. The van der Waals surface area contributed by atoms with E-state index in [1.807, 2.05) is 11.3 Å². The highest BCUT2D eigenvalue weighted by atomic mass is 127. The zero-order valence-corrected chi connectivity index (χ0v) is 34.8. The Hall–Kier alpha value is -1.40. The molecule has 49 heavy (non-hydrogen) atoms. The highest BCUT2D eigenvalue weighted by Gasteiger charge is 2.15. The van der Waals surface area contributed by atoms with Crippen LogP contribution >= 0.6 is 11.3 Å². The van der Waals surface area contributed by atoms with Gasteiger partial charge in [-0.05, 0) is 60.6 Å². The van der Waals surface area contributed by atoms with E-state index in [1.54, 1.807) is 0 Å². The standard InChI is InChI=1S/C45H73N2S.HI/c1-3-5-7-9-11-13-15-16-17-18-19-20-21-23-25-29-39-46-42-36-33-41(34-37-42)35-38-45-47(43-31-27-28-32-44(43)48-45)40-30-26-24-22-14-12-10-8-6-4-2;/h27-28,31-38,46H,3-26,29-30,39-40H2,1-2H3;1H/q+1;/p-1/b38-35+;. The lowest BCUT2D eigenvalue weighted by Gasteiger charge is -2.07. The van der Waals surface area contributed by atoms with Crippen molar-refractivity contribution >= 4 is 39.4 Å². The maximum Gasteiger partial charge on any atom is 0.185 e. The van der Waals surface area contributed by atoms with Gasteiger partial charge in [0.2, 0.25) is 0 Å². The molecule has 1 aromatic heterocycles. The van der Waals surface area contributed by atoms with Crippen LogP contribution in [0.5, 0.6) is 0 Å². The van der Waals surface area contributed by atoms with E-state index in [2.05, 4.69) is 84.4 Å². The molecular formula is C45H73IN2S. The minimum atomic E-state index is 0. The van der Waals surface area contributed by atoms with Crippen molar-refractivity contribution in [2.24, 2.45) is 0 Å². The molecule has 0 unspecified atom stereocenters. The zero-order valence-electron chi connectivity index (χ0n) is 31.8. The molecule has 0 saturated heterocycles. The number of nitrogens with one attached hydrogen (secondary N) is 1. The Morgan fingerprint density at radius 1 is 0.551 bits per heavy atom. The first kappa shape index (κ1) is 43.8. The predicted molar refractivity (Wildman–Crippen MR) is 219 cm³/mol. The molecule has 276 valence electrons. The van der Waals surface area contributed by atoms with Crippen molar-refractivity contribution in [2.75, 3.05) is 11.9 Å². The Labute approximate surface area is 324 Å². The number of aromatic nitrogens is 1. The third kappa shape index (κ3) is 20.3. The average molecular weight is 801 g/mol. The van der Waals surface area contributed by atoms with Gasteiger partial charge < -0.3 is 29.3 Å². The van der Waals surface area contributed by atoms with Gasteiger partial charge in [-0.1, -0.05) is 168 Å². The van der Waals surface area contributed by atoms with Gasteiger partial charge in [0.05, 0.1) is 6.08 Å². The number of para-hydroxylation sites is 1. The van der Waals surface area contributed by atoms with Crippen LogP contribution in [0.2, 0.25) is 0 Å². The largest absolute Gasteiger partial charge is 1.00 e. The Kier molecular flexibility index (Phi) is 27.0. The Bertz CT molecular complexity index is 1200. The van der Waals surface area contributed by atoms with Gasteiger partial charge in [-0.2, -0.15) is 0 Å². The summed E-state index contributed by atoms with van der Waals surface area (Å²) in [5.74, 6) is 0. The van der Waals surface area contributed by atoms with Gasteiger partial charge in [0.1, 0.15) is 0 Å². The highest BCUT2D eigenvalue weighted by molar-refractivity contribution is 7.19. The number of benzene rings is 2. The summed E-state index contributed by atoms with van der Waals surface area (Å²) >= 11 is 1.92. The number of thiazole rings is 1. The van der Waals surface area contributed by atoms with Gasteiger partial charge in [-0.15, -0.1) is 0 Å². The van der Waals surface area contributed by atoms with E-state index >= 15 is 0 Å². The molecule has 3 rings (SSSR count). The fraction of sp³-hybridized carbons (Fsp3) is 0.667. The minimum Gasteiger partial charge on any atom is -1.00 e. The zero-order chi connectivity index (χ0) is 33.7. The van der Waals surface area contributed by atoms with E-state index < -0.39 is 0 Å². The van der Waals surface area contributed by atoms with E-state index in [0.717, 1.165) is 13.1 Å². The Morgan fingerprint density at radius 2 is 1.00 bits per heavy atom. The fourth-order valence-corrected chi connectivity index (χ4v) is 8.04. The summed E-state index contributed by atoms with van der Waals surface area (Å²) in [4.78, 5) is 0. The lowest BCUT2D eigenvalue weighted by atomic mass is 10.0. The summed E-state index contributed by atoms with van der Waals surface area (Å²) in [5, 5.41) is 5.01. The summed E-state index contributed by atoms with van der Waals surface area (Å²) < 4.78 is 3.94. The van der Waals surface area contributed by atoms with Gasteiger partial charge in [-0.3, -0.25) is 0 Å². The SMILES string of the molecule is CCCCCCCCCCCCCCCCCCNc1ccc(/C=C/[c+]2sc3ccccc3n2CCCCCCCCCCCC)cc1.[I-]. The molecule has 0 bridgehead atoms. The minimum absolute atomic E-state index is 0. The first-order chi connectivity index (χ1) is 23.8. The molecular weight excluding hydrogens is 727 g/mol. The first-order valence-electron chi connectivity index (χ1n) is 20.7. The molecule has 0 saturated carbocycles. The third-order valence-electron chi connectivity index (χ3n) is 10.1. The molecule has 0 spiro atoms. The normalized spacial score (nSPS) is 11.5. The molecule has 0 aliphatic heterocycles. The van der Waals surface area contributed by atoms with Crippen LogP contribution in [0.1, 0.15) is 191 Å². The molecule has 1 N–H and O–H groups in total. The molecule has 0 aliphatic rings. The van der Waals surface area contributed by atoms with Crippen LogP contribution < -0.4 is 29.3 Å². The monoisotopic (exact) mass is 800 g/mol. The van der Waals surface area contributed by atoms with E-state index in [1.165, 1.54) is 193 Å². The number of anilines is 1. The van der Waals surface area contributed by atoms with E-state index in [-0.39, 0.29) is 24.0 Å². The van der Waals surface area contributed by atoms with E-state index in [9.17, 15) is 0 Å². The van der Waals surface area contributed by atoms with Crippen molar-refractivity contribution in [1.29, 1.82) is 0 Å². The van der Waals surface area contributed by atoms with Crippen LogP contribution in [0.3, 0.4) is 0 Å². The van der Waals surface area contributed by atoms with E-state index in [4.69, 9.17) is 0 Å². The van der Waals surface area contributed by atoms with Crippen LogP contribution in [-0.4, -0.2) is 11.1 Å². The van der Waals surface area contributed by atoms with Crippen LogP contribution in [0.4, 0.5) is 5.69 Å². The maximum atomic E-state index is 3.65. The van der Waals surface area contributed by atoms with Crippen molar-refractivity contribution in [1.82, 2.24) is 4.57 Å².